The molecule has 0 saturated carbocycles. The summed E-state index contributed by atoms with van der Waals surface area (Å²) in [6.45, 7) is 12.3. The van der Waals surface area contributed by atoms with Crippen LogP contribution in [0.1, 0.15) is 52.8 Å². The SMILES string of the molecule is CC(C)c1nccc[n+]1CCC(C)(C)C. The minimum Gasteiger partial charge on any atom is -0.234 e. The third-order valence-corrected chi connectivity index (χ3v) is 2.47. The van der Waals surface area contributed by atoms with Crippen LogP contribution in [0, 0.1) is 5.41 Å². The van der Waals surface area contributed by atoms with E-state index in [1.54, 1.807) is 0 Å². The first-order valence-electron chi connectivity index (χ1n) is 5.74. The van der Waals surface area contributed by atoms with E-state index in [4.69, 9.17) is 0 Å². The van der Waals surface area contributed by atoms with Gasteiger partial charge in [-0.3, -0.25) is 0 Å². The van der Waals surface area contributed by atoms with Crippen LogP contribution in [0.4, 0.5) is 0 Å². The van der Waals surface area contributed by atoms with E-state index in [0.717, 1.165) is 6.54 Å². The van der Waals surface area contributed by atoms with E-state index >= 15 is 0 Å². The van der Waals surface area contributed by atoms with Gasteiger partial charge in [0.25, 0.3) is 0 Å². The predicted octanol–water partition coefficient (Wildman–Crippen LogP) is 2.93. The first-order valence-corrected chi connectivity index (χ1v) is 5.74. The second-order valence-electron chi connectivity index (χ2n) is 5.64. The molecule has 1 rings (SSSR count). The van der Waals surface area contributed by atoms with E-state index in [1.165, 1.54) is 12.2 Å². The average Bonchev–Trinajstić information content (AvgIpc) is 2.14. The average molecular weight is 207 g/mol. The van der Waals surface area contributed by atoms with Gasteiger partial charge in [0.15, 0.2) is 0 Å². The summed E-state index contributed by atoms with van der Waals surface area (Å²) in [4.78, 5) is 4.44. The fourth-order valence-electron chi connectivity index (χ4n) is 1.54. The smallest absolute Gasteiger partial charge is 0.234 e. The highest BCUT2D eigenvalue weighted by Gasteiger charge is 2.18. The van der Waals surface area contributed by atoms with Crippen molar-refractivity contribution in [1.29, 1.82) is 0 Å². The van der Waals surface area contributed by atoms with Crippen molar-refractivity contribution < 1.29 is 4.57 Å². The lowest BCUT2D eigenvalue weighted by atomic mass is 9.92. The standard InChI is InChI=1S/C13H23N2/c1-11(2)12-14-8-6-9-15(12)10-7-13(3,4)5/h6,8-9,11H,7,10H2,1-5H3/q+1. The zero-order chi connectivity index (χ0) is 11.5. The Morgan fingerprint density at radius 2 is 2.00 bits per heavy atom. The molecule has 1 heterocycles. The largest absolute Gasteiger partial charge is 0.300 e. The van der Waals surface area contributed by atoms with Crippen molar-refractivity contribution in [2.45, 2.75) is 53.5 Å². The maximum Gasteiger partial charge on any atom is 0.300 e. The van der Waals surface area contributed by atoms with Gasteiger partial charge in [-0.1, -0.05) is 39.6 Å². The molecule has 0 atom stereocenters. The summed E-state index contributed by atoms with van der Waals surface area (Å²) in [6, 6.07) is 2.01. The van der Waals surface area contributed by atoms with Crippen LogP contribution in [0.5, 0.6) is 0 Å². The monoisotopic (exact) mass is 207 g/mol. The molecule has 2 heteroatoms. The zero-order valence-corrected chi connectivity index (χ0v) is 10.6. The number of rotatable bonds is 3. The quantitative estimate of drug-likeness (QED) is 0.696. The Morgan fingerprint density at radius 3 is 2.53 bits per heavy atom. The normalized spacial score (nSPS) is 12.1. The second-order valence-corrected chi connectivity index (χ2v) is 5.64. The molecule has 1 aromatic rings. The molecule has 0 aliphatic rings. The fourth-order valence-corrected chi connectivity index (χ4v) is 1.54. The molecule has 0 aliphatic carbocycles. The molecule has 0 spiro atoms. The molecular weight excluding hydrogens is 184 g/mol. The summed E-state index contributed by atoms with van der Waals surface area (Å²) in [6.07, 6.45) is 5.19. The van der Waals surface area contributed by atoms with Gasteiger partial charge in [-0.05, 0) is 11.8 Å². The maximum absolute atomic E-state index is 4.44. The van der Waals surface area contributed by atoms with Crippen molar-refractivity contribution in [3.8, 4) is 0 Å². The first kappa shape index (κ1) is 12.2. The van der Waals surface area contributed by atoms with Gasteiger partial charge in [0.2, 0.25) is 0 Å². The van der Waals surface area contributed by atoms with Crippen LogP contribution in [-0.2, 0) is 6.54 Å². The molecule has 0 radical (unpaired) electrons. The first-order chi connectivity index (χ1) is 6.90. The number of nitrogens with zero attached hydrogens (tertiary/aromatic N) is 2. The topological polar surface area (TPSA) is 16.8 Å². The van der Waals surface area contributed by atoms with E-state index in [2.05, 4.69) is 50.4 Å². The summed E-state index contributed by atoms with van der Waals surface area (Å²) < 4.78 is 2.27. The van der Waals surface area contributed by atoms with Gasteiger partial charge in [-0.2, -0.15) is 0 Å². The highest BCUT2D eigenvalue weighted by atomic mass is 15.0. The molecule has 0 aromatic carbocycles. The van der Waals surface area contributed by atoms with E-state index in [9.17, 15) is 0 Å². The number of aromatic nitrogens is 2. The predicted molar refractivity (Wildman–Crippen MR) is 62.6 cm³/mol. The molecule has 1 aromatic heterocycles. The van der Waals surface area contributed by atoms with Gasteiger partial charge in [-0.25, -0.2) is 4.57 Å². The summed E-state index contributed by atoms with van der Waals surface area (Å²) in [5, 5.41) is 0. The van der Waals surface area contributed by atoms with E-state index in [0.29, 0.717) is 11.3 Å². The van der Waals surface area contributed by atoms with Crippen molar-refractivity contribution >= 4 is 0 Å². The molecule has 0 amide bonds. The Hall–Kier alpha value is -0.920. The van der Waals surface area contributed by atoms with Crippen LogP contribution in [0.15, 0.2) is 18.5 Å². The molecule has 2 nitrogen and oxygen atoms in total. The van der Waals surface area contributed by atoms with Gasteiger partial charge in [0.1, 0.15) is 6.20 Å². The van der Waals surface area contributed by atoms with Crippen LogP contribution in [0.25, 0.3) is 0 Å². The maximum atomic E-state index is 4.44. The van der Waals surface area contributed by atoms with E-state index in [1.807, 2.05) is 12.3 Å². The molecule has 0 saturated heterocycles. The van der Waals surface area contributed by atoms with Crippen molar-refractivity contribution in [3.05, 3.63) is 24.3 Å². The second kappa shape index (κ2) is 4.73. The number of hydrogen-bond donors (Lipinski definition) is 0. The lowest BCUT2D eigenvalue weighted by molar-refractivity contribution is -0.710. The van der Waals surface area contributed by atoms with Gasteiger partial charge in [0.05, 0.1) is 18.7 Å². The number of hydrogen-bond acceptors (Lipinski definition) is 1. The van der Waals surface area contributed by atoms with Crippen LogP contribution >= 0.6 is 0 Å². The van der Waals surface area contributed by atoms with Crippen molar-refractivity contribution in [2.24, 2.45) is 5.41 Å². The molecule has 0 aliphatic heterocycles. The van der Waals surface area contributed by atoms with E-state index < -0.39 is 0 Å². The Labute approximate surface area is 93.4 Å². The Balaban J connectivity index is 2.76. The van der Waals surface area contributed by atoms with Crippen LogP contribution in [-0.4, -0.2) is 4.98 Å². The van der Waals surface area contributed by atoms with E-state index in [-0.39, 0.29) is 0 Å². The van der Waals surface area contributed by atoms with Crippen LogP contribution in [0.3, 0.4) is 0 Å². The summed E-state index contributed by atoms with van der Waals surface area (Å²) in [5.74, 6) is 1.67. The number of aryl methyl sites for hydroxylation is 1. The summed E-state index contributed by atoms with van der Waals surface area (Å²) in [7, 11) is 0. The van der Waals surface area contributed by atoms with Gasteiger partial charge < -0.3 is 0 Å². The Morgan fingerprint density at radius 1 is 1.33 bits per heavy atom. The van der Waals surface area contributed by atoms with Gasteiger partial charge >= 0.3 is 5.82 Å². The minimum atomic E-state index is 0.386. The lowest BCUT2D eigenvalue weighted by Crippen LogP contribution is -2.41. The third kappa shape index (κ3) is 3.98. The molecule has 0 bridgehead atoms. The van der Waals surface area contributed by atoms with Crippen LogP contribution < -0.4 is 4.57 Å². The van der Waals surface area contributed by atoms with Crippen molar-refractivity contribution in [1.82, 2.24) is 4.98 Å². The molecule has 0 unspecified atom stereocenters. The van der Waals surface area contributed by atoms with Crippen molar-refractivity contribution in [3.63, 3.8) is 0 Å². The van der Waals surface area contributed by atoms with Gasteiger partial charge in [-0.15, -0.1) is 0 Å². The highest BCUT2D eigenvalue weighted by molar-refractivity contribution is 4.85. The Kier molecular flexibility index (Phi) is 3.83. The molecule has 0 N–H and O–H groups in total. The third-order valence-electron chi connectivity index (χ3n) is 2.47. The fraction of sp³-hybridized carbons (Fsp3) is 0.692. The van der Waals surface area contributed by atoms with Crippen LogP contribution in [0.2, 0.25) is 0 Å². The summed E-state index contributed by atoms with van der Waals surface area (Å²) >= 11 is 0. The molecule has 15 heavy (non-hydrogen) atoms. The molecular formula is C13H23N2+. The minimum absolute atomic E-state index is 0.386. The lowest BCUT2D eigenvalue weighted by Gasteiger charge is -2.17. The Bertz CT molecular complexity index is 311. The zero-order valence-electron chi connectivity index (χ0n) is 10.6. The molecule has 84 valence electrons. The van der Waals surface area contributed by atoms with Gasteiger partial charge in [0, 0.05) is 6.07 Å². The summed E-state index contributed by atoms with van der Waals surface area (Å²) in [5.41, 5.74) is 0.386. The molecule has 0 fully saturated rings. The highest BCUT2D eigenvalue weighted by Crippen LogP contribution is 2.18. The van der Waals surface area contributed by atoms with Crippen molar-refractivity contribution in [2.75, 3.05) is 0 Å².